The number of furan rings is 1. The number of halogens is 1. The Balaban J connectivity index is 1.84. The Kier molecular flexibility index (Phi) is 4.34. The number of rotatable bonds is 5. The van der Waals surface area contributed by atoms with E-state index < -0.39 is 0 Å². The van der Waals surface area contributed by atoms with Gasteiger partial charge in [0.2, 0.25) is 5.91 Å². The summed E-state index contributed by atoms with van der Waals surface area (Å²) in [4.78, 5) is 11.8. The third-order valence-electron chi connectivity index (χ3n) is 2.90. The van der Waals surface area contributed by atoms with E-state index in [4.69, 9.17) is 4.42 Å². The van der Waals surface area contributed by atoms with Gasteiger partial charge in [0.25, 0.3) is 0 Å². The van der Waals surface area contributed by atoms with Gasteiger partial charge >= 0.3 is 0 Å². The topological polar surface area (TPSA) is 42.2 Å². The van der Waals surface area contributed by atoms with Crippen LogP contribution in [0.15, 0.2) is 47.1 Å². The van der Waals surface area contributed by atoms with Gasteiger partial charge in [0, 0.05) is 12.8 Å². The molecule has 0 bridgehead atoms. The Hall–Kier alpha value is -2.10. The molecule has 3 nitrogen and oxygen atoms in total. The zero-order valence-electron chi connectivity index (χ0n) is 10.7. The van der Waals surface area contributed by atoms with Crippen LogP contribution in [0.3, 0.4) is 0 Å². The monoisotopic (exact) mass is 261 g/mol. The van der Waals surface area contributed by atoms with E-state index in [1.165, 1.54) is 12.1 Å². The van der Waals surface area contributed by atoms with Crippen LogP contribution < -0.4 is 5.32 Å². The second kappa shape index (κ2) is 6.18. The number of hydrogen-bond donors (Lipinski definition) is 1. The minimum absolute atomic E-state index is 0.0758. The van der Waals surface area contributed by atoms with Crippen molar-refractivity contribution in [2.45, 2.75) is 25.8 Å². The minimum Gasteiger partial charge on any atom is -0.469 e. The summed E-state index contributed by atoms with van der Waals surface area (Å²) in [6, 6.07) is 9.66. The summed E-state index contributed by atoms with van der Waals surface area (Å²) >= 11 is 0. The lowest BCUT2D eigenvalue weighted by atomic mass is 10.1. The van der Waals surface area contributed by atoms with Crippen molar-refractivity contribution >= 4 is 5.91 Å². The lowest BCUT2D eigenvalue weighted by molar-refractivity contribution is -0.121. The number of carbonyl (C=O) groups is 1. The summed E-state index contributed by atoms with van der Waals surface area (Å²) in [5.74, 6) is 0.413. The van der Waals surface area contributed by atoms with E-state index in [9.17, 15) is 9.18 Å². The fourth-order valence-corrected chi connectivity index (χ4v) is 1.86. The molecule has 1 aromatic carbocycles. The Labute approximate surface area is 111 Å². The SMILES string of the molecule is CC(NC(=O)CCc1ccco1)c1cccc(F)c1. The molecule has 0 fully saturated rings. The second-order valence-corrected chi connectivity index (χ2v) is 4.42. The first-order valence-corrected chi connectivity index (χ1v) is 6.22. The molecule has 19 heavy (non-hydrogen) atoms. The van der Waals surface area contributed by atoms with Gasteiger partial charge < -0.3 is 9.73 Å². The molecular formula is C15H16FNO2. The normalized spacial score (nSPS) is 12.1. The van der Waals surface area contributed by atoms with Crippen LogP contribution in [-0.2, 0) is 11.2 Å². The third kappa shape index (κ3) is 3.95. The van der Waals surface area contributed by atoms with Crippen LogP contribution in [-0.4, -0.2) is 5.91 Å². The van der Waals surface area contributed by atoms with Crippen LogP contribution in [0.25, 0.3) is 0 Å². The van der Waals surface area contributed by atoms with Gasteiger partial charge in [0.15, 0.2) is 0 Å². The Morgan fingerprint density at radius 1 is 1.37 bits per heavy atom. The number of amides is 1. The van der Waals surface area contributed by atoms with Crippen LogP contribution in [0.2, 0.25) is 0 Å². The summed E-state index contributed by atoms with van der Waals surface area (Å²) in [6.07, 6.45) is 2.50. The van der Waals surface area contributed by atoms with E-state index in [0.29, 0.717) is 12.8 Å². The summed E-state index contributed by atoms with van der Waals surface area (Å²) in [7, 11) is 0. The molecule has 0 saturated heterocycles. The van der Waals surface area contributed by atoms with Crippen LogP contribution in [0.4, 0.5) is 4.39 Å². The first kappa shape index (κ1) is 13.3. The quantitative estimate of drug-likeness (QED) is 0.897. The van der Waals surface area contributed by atoms with Crippen molar-refractivity contribution in [3.63, 3.8) is 0 Å². The number of benzene rings is 1. The molecule has 0 aliphatic carbocycles. The second-order valence-electron chi connectivity index (χ2n) is 4.42. The minimum atomic E-state index is -0.297. The smallest absolute Gasteiger partial charge is 0.220 e. The molecule has 100 valence electrons. The summed E-state index contributed by atoms with van der Waals surface area (Å²) < 4.78 is 18.2. The lowest BCUT2D eigenvalue weighted by Gasteiger charge is -2.14. The van der Waals surface area contributed by atoms with Gasteiger partial charge in [-0.25, -0.2) is 4.39 Å². The Bertz CT molecular complexity index is 537. The van der Waals surface area contributed by atoms with Crippen molar-refractivity contribution in [2.75, 3.05) is 0 Å². The Morgan fingerprint density at radius 2 is 2.21 bits per heavy atom. The molecule has 1 unspecified atom stereocenters. The van der Waals surface area contributed by atoms with Crippen molar-refractivity contribution in [2.24, 2.45) is 0 Å². The molecule has 4 heteroatoms. The highest BCUT2D eigenvalue weighted by molar-refractivity contribution is 5.76. The fourth-order valence-electron chi connectivity index (χ4n) is 1.86. The lowest BCUT2D eigenvalue weighted by Crippen LogP contribution is -2.26. The van der Waals surface area contributed by atoms with Gasteiger partial charge in [-0.15, -0.1) is 0 Å². The molecule has 0 saturated carbocycles. The Morgan fingerprint density at radius 3 is 2.89 bits per heavy atom. The number of hydrogen-bond acceptors (Lipinski definition) is 2. The van der Waals surface area contributed by atoms with Crippen LogP contribution in [0, 0.1) is 5.82 Å². The van der Waals surface area contributed by atoms with Crippen molar-refractivity contribution in [3.05, 3.63) is 59.8 Å². The highest BCUT2D eigenvalue weighted by Crippen LogP contribution is 2.13. The molecule has 0 aliphatic rings. The van der Waals surface area contributed by atoms with Crippen molar-refractivity contribution in [1.29, 1.82) is 0 Å². The molecule has 1 amide bonds. The number of carbonyl (C=O) groups excluding carboxylic acids is 1. The summed E-state index contributed by atoms with van der Waals surface area (Å²) in [5.41, 5.74) is 0.756. The largest absolute Gasteiger partial charge is 0.469 e. The summed E-state index contributed by atoms with van der Waals surface area (Å²) in [5, 5.41) is 2.84. The zero-order valence-corrected chi connectivity index (χ0v) is 10.7. The van der Waals surface area contributed by atoms with Crippen molar-refractivity contribution < 1.29 is 13.6 Å². The van der Waals surface area contributed by atoms with E-state index >= 15 is 0 Å². The molecule has 2 rings (SSSR count). The van der Waals surface area contributed by atoms with Gasteiger partial charge in [0.1, 0.15) is 11.6 Å². The van der Waals surface area contributed by atoms with Crippen molar-refractivity contribution in [3.8, 4) is 0 Å². The maximum Gasteiger partial charge on any atom is 0.220 e. The maximum atomic E-state index is 13.1. The van der Waals surface area contributed by atoms with Crippen LogP contribution >= 0.6 is 0 Å². The van der Waals surface area contributed by atoms with Gasteiger partial charge in [-0.2, -0.15) is 0 Å². The van der Waals surface area contributed by atoms with Crippen LogP contribution in [0.5, 0.6) is 0 Å². The average Bonchev–Trinajstić information content (AvgIpc) is 2.89. The molecule has 1 atom stereocenters. The van der Waals surface area contributed by atoms with Gasteiger partial charge in [-0.3, -0.25) is 4.79 Å². The molecule has 2 aromatic rings. The van der Waals surface area contributed by atoms with Gasteiger partial charge in [-0.1, -0.05) is 12.1 Å². The third-order valence-corrected chi connectivity index (χ3v) is 2.90. The average molecular weight is 261 g/mol. The van der Waals surface area contributed by atoms with E-state index in [2.05, 4.69) is 5.32 Å². The summed E-state index contributed by atoms with van der Waals surface area (Å²) in [6.45, 7) is 1.83. The number of nitrogens with one attached hydrogen (secondary N) is 1. The molecule has 1 N–H and O–H groups in total. The number of aryl methyl sites for hydroxylation is 1. The fraction of sp³-hybridized carbons (Fsp3) is 0.267. The first-order chi connectivity index (χ1) is 9.15. The maximum absolute atomic E-state index is 13.1. The zero-order chi connectivity index (χ0) is 13.7. The molecule has 0 spiro atoms. The predicted molar refractivity (Wildman–Crippen MR) is 70.0 cm³/mol. The molecular weight excluding hydrogens is 245 g/mol. The first-order valence-electron chi connectivity index (χ1n) is 6.22. The van der Waals surface area contributed by atoms with E-state index in [1.807, 2.05) is 13.0 Å². The van der Waals surface area contributed by atoms with Crippen LogP contribution in [0.1, 0.15) is 30.7 Å². The van der Waals surface area contributed by atoms with Crippen molar-refractivity contribution in [1.82, 2.24) is 5.32 Å². The van der Waals surface area contributed by atoms with E-state index in [-0.39, 0.29) is 17.8 Å². The highest BCUT2D eigenvalue weighted by Gasteiger charge is 2.10. The molecule has 0 aliphatic heterocycles. The van der Waals surface area contributed by atoms with E-state index in [1.54, 1.807) is 24.5 Å². The molecule has 0 radical (unpaired) electrons. The predicted octanol–water partition coefficient (Wildman–Crippen LogP) is 3.23. The van der Waals surface area contributed by atoms with Gasteiger partial charge in [-0.05, 0) is 36.8 Å². The van der Waals surface area contributed by atoms with E-state index in [0.717, 1.165) is 11.3 Å². The molecule has 1 heterocycles. The standard InChI is InChI=1S/C15H16FNO2/c1-11(12-4-2-5-13(16)10-12)17-15(18)8-7-14-6-3-9-19-14/h2-6,9-11H,7-8H2,1H3,(H,17,18). The highest BCUT2D eigenvalue weighted by atomic mass is 19.1. The molecule has 1 aromatic heterocycles. The van der Waals surface area contributed by atoms with Gasteiger partial charge in [0.05, 0.1) is 12.3 Å².